The van der Waals surface area contributed by atoms with Gasteiger partial charge < -0.3 is 4.90 Å². The van der Waals surface area contributed by atoms with Crippen LogP contribution in [0.5, 0.6) is 0 Å². The van der Waals surface area contributed by atoms with Crippen molar-refractivity contribution < 1.29 is 4.79 Å². The monoisotopic (exact) mass is 337 g/mol. The molecule has 0 N–H and O–H groups in total. The summed E-state index contributed by atoms with van der Waals surface area (Å²) in [6.07, 6.45) is 0.866. The smallest absolute Gasteiger partial charge is 0.140 e. The number of nitriles is 1. The number of aromatic nitrogens is 1. The van der Waals surface area contributed by atoms with E-state index in [4.69, 9.17) is 4.98 Å². The van der Waals surface area contributed by atoms with Crippen LogP contribution >= 0.6 is 11.8 Å². The first kappa shape index (κ1) is 16.7. The van der Waals surface area contributed by atoms with E-state index in [0.717, 1.165) is 41.9 Å². The number of carbonyl (C=O) groups excluding carboxylic acids is 1. The van der Waals surface area contributed by atoms with Gasteiger partial charge in [0, 0.05) is 30.8 Å². The van der Waals surface area contributed by atoms with E-state index in [2.05, 4.69) is 18.0 Å². The van der Waals surface area contributed by atoms with Gasteiger partial charge >= 0.3 is 0 Å². The number of Topliss-reactive ketones (excluding diaryl/α,β-unsaturated/α-hetero) is 1. The summed E-state index contributed by atoms with van der Waals surface area (Å²) < 4.78 is 0. The van der Waals surface area contributed by atoms with Crippen LogP contribution in [0.4, 0.5) is 0 Å². The number of rotatable bonds is 4. The van der Waals surface area contributed by atoms with Crippen molar-refractivity contribution in [3.8, 4) is 17.2 Å². The average molecular weight is 337 g/mol. The molecule has 0 spiro atoms. The lowest BCUT2D eigenvalue weighted by atomic mass is 9.92. The molecule has 0 amide bonds. The molecule has 2 aromatic rings. The minimum Gasteiger partial charge on any atom is -0.302 e. The first-order valence-electron chi connectivity index (χ1n) is 7.92. The van der Waals surface area contributed by atoms with Crippen molar-refractivity contribution in [2.45, 2.75) is 24.9 Å². The Morgan fingerprint density at radius 1 is 1.38 bits per heavy atom. The van der Waals surface area contributed by atoms with Gasteiger partial charge in [0.25, 0.3) is 0 Å². The van der Waals surface area contributed by atoms with Crippen LogP contribution in [0.3, 0.4) is 0 Å². The molecule has 0 aliphatic carbocycles. The Morgan fingerprint density at radius 2 is 2.12 bits per heavy atom. The summed E-state index contributed by atoms with van der Waals surface area (Å²) in [5, 5.41) is 10.5. The number of ketones is 1. The van der Waals surface area contributed by atoms with Gasteiger partial charge in [0.2, 0.25) is 0 Å². The van der Waals surface area contributed by atoms with E-state index >= 15 is 0 Å². The zero-order chi connectivity index (χ0) is 17.1. The predicted molar refractivity (Wildman–Crippen MR) is 95.8 cm³/mol. The van der Waals surface area contributed by atoms with Gasteiger partial charge in [0.1, 0.15) is 16.9 Å². The molecular formula is C19H19N3OS. The predicted octanol–water partition coefficient (Wildman–Crippen LogP) is 3.29. The molecule has 0 fully saturated rings. The topological polar surface area (TPSA) is 57.0 Å². The molecule has 3 rings (SSSR count). The van der Waals surface area contributed by atoms with Crippen LogP contribution in [0.1, 0.15) is 23.7 Å². The second-order valence-electron chi connectivity index (χ2n) is 6.05. The standard InChI is InChI=1S/C19H19N3OS/c1-13(23)12-24-19-15(10-20)18(14-6-4-3-5-7-14)16-11-22(2)9-8-17(16)21-19/h3-7H,8-9,11-12H2,1-2H3. The summed E-state index contributed by atoms with van der Waals surface area (Å²) in [6.45, 7) is 3.31. The number of hydrogen-bond acceptors (Lipinski definition) is 5. The van der Waals surface area contributed by atoms with E-state index in [9.17, 15) is 10.1 Å². The van der Waals surface area contributed by atoms with Crippen LogP contribution in [0.2, 0.25) is 0 Å². The summed E-state index contributed by atoms with van der Waals surface area (Å²) in [5.74, 6) is 0.429. The molecule has 122 valence electrons. The Labute approximate surface area is 146 Å². The summed E-state index contributed by atoms with van der Waals surface area (Å²) in [7, 11) is 2.09. The Bertz CT molecular complexity index is 812. The molecule has 0 bridgehead atoms. The number of nitrogens with zero attached hydrogens (tertiary/aromatic N) is 3. The fourth-order valence-electron chi connectivity index (χ4n) is 2.97. The Kier molecular flexibility index (Phi) is 4.98. The zero-order valence-corrected chi connectivity index (χ0v) is 14.7. The third-order valence-corrected chi connectivity index (χ3v) is 5.21. The van der Waals surface area contributed by atoms with Crippen LogP contribution in [0, 0.1) is 11.3 Å². The molecule has 1 aromatic heterocycles. The largest absolute Gasteiger partial charge is 0.302 e. The molecule has 2 heterocycles. The molecule has 0 saturated carbocycles. The fraction of sp³-hybridized carbons (Fsp3) is 0.316. The molecule has 24 heavy (non-hydrogen) atoms. The molecule has 0 radical (unpaired) electrons. The van der Waals surface area contributed by atoms with Crippen molar-refractivity contribution in [3.63, 3.8) is 0 Å². The second kappa shape index (κ2) is 7.16. The maximum absolute atomic E-state index is 11.4. The zero-order valence-electron chi connectivity index (χ0n) is 13.9. The van der Waals surface area contributed by atoms with Crippen LogP contribution in [-0.2, 0) is 17.8 Å². The van der Waals surface area contributed by atoms with Crippen molar-refractivity contribution in [2.24, 2.45) is 0 Å². The first-order chi connectivity index (χ1) is 11.6. The Balaban J connectivity index is 2.21. The molecule has 1 aromatic carbocycles. The van der Waals surface area contributed by atoms with Crippen LogP contribution in [-0.4, -0.2) is 35.0 Å². The van der Waals surface area contributed by atoms with Gasteiger partial charge in [0.15, 0.2) is 0 Å². The maximum Gasteiger partial charge on any atom is 0.140 e. The van der Waals surface area contributed by atoms with Gasteiger partial charge in [-0.2, -0.15) is 5.26 Å². The van der Waals surface area contributed by atoms with Gasteiger partial charge in [-0.1, -0.05) is 42.1 Å². The van der Waals surface area contributed by atoms with E-state index < -0.39 is 0 Å². The highest BCUT2D eigenvalue weighted by Gasteiger charge is 2.24. The molecule has 1 aliphatic heterocycles. The lowest BCUT2D eigenvalue weighted by Crippen LogP contribution is -2.28. The number of carbonyl (C=O) groups is 1. The summed E-state index contributed by atoms with van der Waals surface area (Å²) in [5.41, 5.74) is 4.78. The number of likely N-dealkylation sites (N-methyl/N-ethyl adjacent to an activating group) is 1. The molecule has 1 aliphatic rings. The molecule has 4 nitrogen and oxygen atoms in total. The van der Waals surface area contributed by atoms with Gasteiger partial charge in [-0.15, -0.1) is 0 Å². The van der Waals surface area contributed by atoms with Crippen LogP contribution < -0.4 is 0 Å². The maximum atomic E-state index is 11.4. The molecular weight excluding hydrogens is 318 g/mol. The molecule has 0 unspecified atom stereocenters. The summed E-state index contributed by atoms with van der Waals surface area (Å²) >= 11 is 1.37. The Hall–Kier alpha value is -2.16. The number of fused-ring (bicyclic) bond motifs is 1. The second-order valence-corrected chi connectivity index (χ2v) is 7.01. The van der Waals surface area contributed by atoms with E-state index in [1.165, 1.54) is 11.8 Å². The van der Waals surface area contributed by atoms with Crippen molar-refractivity contribution in [1.29, 1.82) is 5.26 Å². The van der Waals surface area contributed by atoms with Crippen molar-refractivity contribution in [3.05, 3.63) is 47.2 Å². The fourth-order valence-corrected chi connectivity index (χ4v) is 3.78. The minimum absolute atomic E-state index is 0.0874. The molecule has 0 saturated heterocycles. The van der Waals surface area contributed by atoms with Gasteiger partial charge in [-0.05, 0) is 25.1 Å². The van der Waals surface area contributed by atoms with Crippen molar-refractivity contribution in [1.82, 2.24) is 9.88 Å². The number of thioether (sulfide) groups is 1. The first-order valence-corrected chi connectivity index (χ1v) is 8.90. The minimum atomic E-state index is 0.0874. The van der Waals surface area contributed by atoms with E-state index in [0.29, 0.717) is 16.3 Å². The SMILES string of the molecule is CC(=O)CSc1nc2c(c(-c3ccccc3)c1C#N)CN(C)CC2. The lowest BCUT2D eigenvalue weighted by Gasteiger charge is -2.28. The normalized spacial score (nSPS) is 14.0. The quantitative estimate of drug-likeness (QED) is 0.801. The van der Waals surface area contributed by atoms with Crippen molar-refractivity contribution >= 4 is 17.5 Å². The Morgan fingerprint density at radius 3 is 2.79 bits per heavy atom. The highest BCUT2D eigenvalue weighted by Crippen LogP contribution is 2.36. The van der Waals surface area contributed by atoms with Crippen LogP contribution in [0.15, 0.2) is 35.4 Å². The van der Waals surface area contributed by atoms with E-state index in [-0.39, 0.29) is 5.78 Å². The van der Waals surface area contributed by atoms with Gasteiger partial charge in [0.05, 0.1) is 11.3 Å². The van der Waals surface area contributed by atoms with Crippen LogP contribution in [0.25, 0.3) is 11.1 Å². The third kappa shape index (κ3) is 3.35. The van der Waals surface area contributed by atoms with Gasteiger partial charge in [-0.25, -0.2) is 4.98 Å². The average Bonchev–Trinajstić information content (AvgIpc) is 2.59. The summed E-state index contributed by atoms with van der Waals surface area (Å²) in [6, 6.07) is 12.3. The molecule has 5 heteroatoms. The van der Waals surface area contributed by atoms with E-state index in [1.54, 1.807) is 6.92 Å². The molecule has 0 atom stereocenters. The third-order valence-electron chi connectivity index (χ3n) is 4.10. The van der Waals surface area contributed by atoms with Gasteiger partial charge in [-0.3, -0.25) is 4.79 Å². The number of pyridine rings is 1. The highest BCUT2D eigenvalue weighted by molar-refractivity contribution is 8.00. The highest BCUT2D eigenvalue weighted by atomic mass is 32.2. The van der Waals surface area contributed by atoms with E-state index in [1.807, 2.05) is 30.3 Å². The number of benzene rings is 1. The lowest BCUT2D eigenvalue weighted by molar-refractivity contribution is -0.114. The summed E-state index contributed by atoms with van der Waals surface area (Å²) in [4.78, 5) is 18.4. The number of hydrogen-bond donors (Lipinski definition) is 0. The van der Waals surface area contributed by atoms with Crippen molar-refractivity contribution in [2.75, 3.05) is 19.3 Å².